The number of rotatable bonds is 11. The van der Waals surface area contributed by atoms with E-state index in [0.29, 0.717) is 12.0 Å². The van der Waals surface area contributed by atoms with Gasteiger partial charge in [0.25, 0.3) is 0 Å². The van der Waals surface area contributed by atoms with Crippen molar-refractivity contribution in [2.45, 2.75) is 70.8 Å². The summed E-state index contributed by atoms with van der Waals surface area (Å²) in [7, 11) is 0. The second-order valence-electron chi connectivity index (χ2n) is 5.93. The predicted octanol–water partition coefficient (Wildman–Crippen LogP) is 5.43. The minimum absolute atomic E-state index is 0.0889. The Balaban J connectivity index is 2.47. The summed E-state index contributed by atoms with van der Waals surface area (Å²) in [5, 5.41) is 8.94. The molecule has 3 nitrogen and oxygen atoms in total. The van der Waals surface area contributed by atoms with Crippen LogP contribution < -0.4 is 0 Å². The highest BCUT2D eigenvalue weighted by atomic mass is 19.4. The van der Waals surface area contributed by atoms with Gasteiger partial charge in [0, 0.05) is 0 Å². The molecule has 0 aromatic heterocycles. The summed E-state index contributed by atoms with van der Waals surface area (Å²) in [6.45, 7) is 2.24. The summed E-state index contributed by atoms with van der Waals surface area (Å²) in [5.41, 5.74) is -0.103. The molecular weight excluding hydrogens is 321 g/mol. The largest absolute Gasteiger partial charge is 0.481 e. The van der Waals surface area contributed by atoms with E-state index in [2.05, 4.69) is 6.92 Å². The molecule has 0 spiro atoms. The molecule has 0 radical (unpaired) electrons. The van der Waals surface area contributed by atoms with Crippen LogP contribution in [0.5, 0.6) is 0 Å². The van der Waals surface area contributed by atoms with Gasteiger partial charge in [0.2, 0.25) is 0 Å². The van der Waals surface area contributed by atoms with Gasteiger partial charge in [0.15, 0.2) is 0 Å². The number of unbranched alkanes of at least 4 members (excludes halogenated alkanes) is 4. The van der Waals surface area contributed by atoms with E-state index in [4.69, 9.17) is 9.84 Å². The van der Waals surface area contributed by atoms with Crippen LogP contribution in [0.3, 0.4) is 0 Å². The lowest BCUT2D eigenvalue weighted by atomic mass is 10.1. The Morgan fingerprint density at radius 2 is 1.75 bits per heavy atom. The van der Waals surface area contributed by atoms with Crippen LogP contribution in [0, 0.1) is 0 Å². The highest BCUT2D eigenvalue weighted by Crippen LogP contribution is 2.29. The molecule has 0 bridgehead atoms. The van der Waals surface area contributed by atoms with Crippen molar-refractivity contribution < 1.29 is 27.8 Å². The molecule has 0 aliphatic rings. The molecule has 0 fully saturated rings. The maximum atomic E-state index is 12.5. The molecule has 0 aliphatic heterocycles. The molecule has 0 aliphatic carbocycles. The van der Waals surface area contributed by atoms with Crippen molar-refractivity contribution in [2.75, 3.05) is 0 Å². The second-order valence-corrected chi connectivity index (χ2v) is 5.93. The van der Waals surface area contributed by atoms with Gasteiger partial charge in [-0.2, -0.15) is 13.2 Å². The molecule has 6 heteroatoms. The second kappa shape index (κ2) is 10.3. The Hall–Kier alpha value is -1.56. The molecule has 0 unspecified atom stereocenters. The maximum Gasteiger partial charge on any atom is 0.416 e. The molecule has 24 heavy (non-hydrogen) atoms. The first-order chi connectivity index (χ1) is 11.3. The number of hydrogen-bond donors (Lipinski definition) is 1. The van der Waals surface area contributed by atoms with Crippen molar-refractivity contribution in [3.05, 3.63) is 35.4 Å². The number of carboxylic acid groups (broad SMARTS) is 1. The van der Waals surface area contributed by atoms with Gasteiger partial charge in [-0.1, -0.05) is 51.2 Å². The smallest absolute Gasteiger partial charge is 0.416 e. The summed E-state index contributed by atoms with van der Waals surface area (Å²) in [4.78, 5) is 10.9. The average molecular weight is 346 g/mol. The van der Waals surface area contributed by atoms with Crippen molar-refractivity contribution in [3.63, 3.8) is 0 Å². The SMILES string of the molecule is CCCCCCC[C@H](CC(=O)O)OCc1ccc(C(F)(F)F)cc1. The topological polar surface area (TPSA) is 46.5 Å². The van der Waals surface area contributed by atoms with Gasteiger partial charge < -0.3 is 9.84 Å². The van der Waals surface area contributed by atoms with Crippen molar-refractivity contribution in [3.8, 4) is 0 Å². The number of benzene rings is 1. The number of carboxylic acids is 1. The molecule has 1 N–H and O–H groups in total. The molecule has 0 saturated heterocycles. The van der Waals surface area contributed by atoms with E-state index in [-0.39, 0.29) is 13.0 Å². The number of aliphatic carboxylic acids is 1. The summed E-state index contributed by atoms with van der Waals surface area (Å²) < 4.78 is 43.1. The van der Waals surface area contributed by atoms with Gasteiger partial charge in [-0.3, -0.25) is 4.79 Å². The molecule has 1 aromatic rings. The third kappa shape index (κ3) is 8.34. The van der Waals surface area contributed by atoms with Crippen LogP contribution in [0.2, 0.25) is 0 Å². The molecule has 0 saturated carbocycles. The fraction of sp³-hybridized carbons (Fsp3) is 0.611. The highest BCUT2D eigenvalue weighted by molar-refractivity contribution is 5.67. The number of hydrogen-bond acceptors (Lipinski definition) is 2. The van der Waals surface area contributed by atoms with E-state index >= 15 is 0 Å². The van der Waals surface area contributed by atoms with Crippen molar-refractivity contribution in [1.29, 1.82) is 0 Å². The van der Waals surface area contributed by atoms with Crippen LogP contribution >= 0.6 is 0 Å². The standard InChI is InChI=1S/C18H25F3O3/c1-2-3-4-5-6-7-16(12-17(22)23)24-13-14-8-10-15(11-9-14)18(19,20)21/h8-11,16H,2-7,12-13H2,1H3,(H,22,23)/t16-/m1/s1. The van der Waals surface area contributed by atoms with Gasteiger partial charge in [-0.05, 0) is 24.1 Å². The maximum absolute atomic E-state index is 12.5. The number of alkyl halides is 3. The zero-order valence-corrected chi connectivity index (χ0v) is 13.9. The quantitative estimate of drug-likeness (QED) is 0.544. The van der Waals surface area contributed by atoms with E-state index in [0.717, 1.165) is 44.2 Å². The van der Waals surface area contributed by atoms with E-state index in [1.807, 2.05) is 0 Å². The lowest BCUT2D eigenvalue weighted by Crippen LogP contribution is -2.17. The average Bonchev–Trinajstić information content (AvgIpc) is 2.51. The van der Waals surface area contributed by atoms with Gasteiger partial charge in [-0.15, -0.1) is 0 Å². The first kappa shape index (κ1) is 20.5. The minimum Gasteiger partial charge on any atom is -0.481 e. The van der Waals surface area contributed by atoms with Crippen LogP contribution in [0.4, 0.5) is 13.2 Å². The zero-order valence-electron chi connectivity index (χ0n) is 13.9. The lowest BCUT2D eigenvalue weighted by Gasteiger charge is -2.16. The van der Waals surface area contributed by atoms with Crippen molar-refractivity contribution in [2.24, 2.45) is 0 Å². The molecule has 1 atom stereocenters. The molecule has 136 valence electrons. The molecule has 1 rings (SSSR count). The fourth-order valence-electron chi connectivity index (χ4n) is 2.42. The molecular formula is C18H25F3O3. The summed E-state index contributed by atoms with van der Waals surface area (Å²) in [6, 6.07) is 4.75. The highest BCUT2D eigenvalue weighted by Gasteiger charge is 2.29. The molecule has 0 heterocycles. The third-order valence-corrected chi connectivity index (χ3v) is 3.80. The Labute approximate surface area is 140 Å². The van der Waals surface area contributed by atoms with E-state index in [9.17, 15) is 18.0 Å². The van der Waals surface area contributed by atoms with Gasteiger partial charge in [0.1, 0.15) is 0 Å². The number of halogens is 3. The van der Waals surface area contributed by atoms with Gasteiger partial charge >= 0.3 is 12.1 Å². The first-order valence-electron chi connectivity index (χ1n) is 8.32. The Morgan fingerprint density at radius 3 is 2.29 bits per heavy atom. The zero-order chi connectivity index (χ0) is 18.0. The van der Waals surface area contributed by atoms with Crippen molar-refractivity contribution >= 4 is 5.97 Å². The number of carbonyl (C=O) groups is 1. The monoisotopic (exact) mass is 346 g/mol. The van der Waals surface area contributed by atoms with E-state index in [1.54, 1.807) is 0 Å². The van der Waals surface area contributed by atoms with Crippen LogP contribution in [-0.4, -0.2) is 17.2 Å². The number of ether oxygens (including phenoxy) is 1. The van der Waals surface area contributed by atoms with Crippen LogP contribution in [0.15, 0.2) is 24.3 Å². The van der Waals surface area contributed by atoms with Crippen LogP contribution in [0.1, 0.15) is 63.0 Å². The normalized spacial score (nSPS) is 13.0. The van der Waals surface area contributed by atoms with Gasteiger partial charge in [-0.25, -0.2) is 0 Å². The third-order valence-electron chi connectivity index (χ3n) is 3.80. The van der Waals surface area contributed by atoms with Crippen LogP contribution in [-0.2, 0) is 22.3 Å². The molecule has 1 aromatic carbocycles. The first-order valence-corrected chi connectivity index (χ1v) is 8.32. The predicted molar refractivity (Wildman–Crippen MR) is 85.6 cm³/mol. The lowest BCUT2D eigenvalue weighted by molar-refractivity contribution is -0.141. The van der Waals surface area contributed by atoms with Crippen molar-refractivity contribution in [1.82, 2.24) is 0 Å². The Bertz CT molecular complexity index is 483. The summed E-state index contributed by atoms with van der Waals surface area (Å²) in [5.74, 6) is -0.930. The molecule has 0 amide bonds. The Kier molecular flexibility index (Phi) is 8.82. The van der Waals surface area contributed by atoms with E-state index in [1.165, 1.54) is 12.1 Å². The summed E-state index contributed by atoms with van der Waals surface area (Å²) >= 11 is 0. The van der Waals surface area contributed by atoms with E-state index < -0.39 is 23.8 Å². The van der Waals surface area contributed by atoms with Gasteiger partial charge in [0.05, 0.1) is 24.7 Å². The van der Waals surface area contributed by atoms with Crippen LogP contribution in [0.25, 0.3) is 0 Å². The fourth-order valence-corrected chi connectivity index (χ4v) is 2.42. The summed E-state index contributed by atoms with van der Waals surface area (Å²) in [6.07, 6.45) is 1.15. The Morgan fingerprint density at radius 1 is 1.12 bits per heavy atom. The minimum atomic E-state index is -4.36.